The van der Waals surface area contributed by atoms with Crippen molar-refractivity contribution in [2.24, 2.45) is 0 Å². The molecular weight excluding hydrogens is 378 g/mol. The van der Waals surface area contributed by atoms with Crippen molar-refractivity contribution < 1.29 is 14.3 Å². The highest BCUT2D eigenvalue weighted by atomic mass is 16.6. The van der Waals surface area contributed by atoms with E-state index in [1.54, 1.807) is 12.4 Å². The summed E-state index contributed by atoms with van der Waals surface area (Å²) in [7, 11) is 0. The molecular formula is C24H27N3O3. The molecule has 1 aromatic carbocycles. The fourth-order valence-corrected chi connectivity index (χ4v) is 3.97. The van der Waals surface area contributed by atoms with Crippen molar-refractivity contribution in [2.75, 3.05) is 26.3 Å². The van der Waals surface area contributed by atoms with Crippen LogP contribution in [0.5, 0.6) is 0 Å². The fraction of sp³-hybridized carbons (Fsp3) is 0.333. The summed E-state index contributed by atoms with van der Waals surface area (Å²) in [4.78, 5) is 19.3. The number of morpholine rings is 1. The van der Waals surface area contributed by atoms with Crippen LogP contribution in [-0.4, -0.2) is 52.8 Å². The van der Waals surface area contributed by atoms with Gasteiger partial charge in [0.15, 0.2) is 0 Å². The van der Waals surface area contributed by atoms with E-state index in [2.05, 4.69) is 34.1 Å². The molecule has 3 aromatic rings. The molecule has 2 aromatic heterocycles. The second-order valence-corrected chi connectivity index (χ2v) is 7.64. The zero-order valence-corrected chi connectivity index (χ0v) is 17.5. The Hall–Kier alpha value is -2.96. The topological polar surface area (TPSA) is 56.6 Å². The minimum atomic E-state index is -0.318. The molecule has 156 valence electrons. The van der Waals surface area contributed by atoms with Crippen molar-refractivity contribution in [3.8, 4) is 5.69 Å². The number of rotatable bonds is 6. The van der Waals surface area contributed by atoms with Crippen LogP contribution in [0.2, 0.25) is 0 Å². The molecule has 1 atom stereocenters. The molecule has 30 heavy (non-hydrogen) atoms. The van der Waals surface area contributed by atoms with Gasteiger partial charge in [-0.1, -0.05) is 30.3 Å². The summed E-state index contributed by atoms with van der Waals surface area (Å²) in [6.07, 6.45) is 3.40. The van der Waals surface area contributed by atoms with Crippen molar-refractivity contribution in [2.45, 2.75) is 26.5 Å². The summed E-state index contributed by atoms with van der Waals surface area (Å²) in [6.45, 7) is 7.30. The van der Waals surface area contributed by atoms with Crippen LogP contribution >= 0.6 is 0 Å². The summed E-state index contributed by atoms with van der Waals surface area (Å²) in [5.41, 5.74) is 4.60. The van der Waals surface area contributed by atoms with E-state index in [-0.39, 0.29) is 18.7 Å². The minimum Gasteiger partial charge on any atom is -0.459 e. The summed E-state index contributed by atoms with van der Waals surface area (Å²) in [5, 5.41) is 0. The van der Waals surface area contributed by atoms with E-state index >= 15 is 0 Å². The Bertz CT molecular complexity index is 986. The molecule has 1 saturated heterocycles. The average molecular weight is 405 g/mol. The van der Waals surface area contributed by atoms with Gasteiger partial charge in [0.1, 0.15) is 12.7 Å². The molecule has 0 N–H and O–H groups in total. The monoisotopic (exact) mass is 405 g/mol. The van der Waals surface area contributed by atoms with Gasteiger partial charge in [-0.05, 0) is 37.6 Å². The highest BCUT2D eigenvalue weighted by Gasteiger charge is 2.24. The van der Waals surface area contributed by atoms with Gasteiger partial charge in [-0.15, -0.1) is 0 Å². The number of nitrogens with zero attached hydrogens (tertiary/aromatic N) is 3. The van der Waals surface area contributed by atoms with Gasteiger partial charge in [0.25, 0.3) is 0 Å². The third-order valence-corrected chi connectivity index (χ3v) is 5.43. The number of esters is 1. The first-order valence-corrected chi connectivity index (χ1v) is 10.3. The number of carbonyl (C=O) groups is 1. The summed E-state index contributed by atoms with van der Waals surface area (Å²) in [6, 6.07) is 16.1. The molecule has 1 unspecified atom stereocenters. The molecule has 1 aliphatic heterocycles. The van der Waals surface area contributed by atoms with Gasteiger partial charge in [0, 0.05) is 37.2 Å². The molecule has 0 bridgehead atoms. The number of benzene rings is 1. The predicted octanol–water partition coefficient (Wildman–Crippen LogP) is 3.55. The summed E-state index contributed by atoms with van der Waals surface area (Å²) in [5.74, 6) is -0.318. The smallest absolute Gasteiger partial charge is 0.340 e. The van der Waals surface area contributed by atoms with Crippen LogP contribution in [0.3, 0.4) is 0 Å². The van der Waals surface area contributed by atoms with Crippen molar-refractivity contribution in [3.05, 3.63) is 83.4 Å². The van der Waals surface area contributed by atoms with Gasteiger partial charge < -0.3 is 14.0 Å². The van der Waals surface area contributed by atoms with E-state index < -0.39 is 0 Å². The van der Waals surface area contributed by atoms with Crippen LogP contribution in [0.25, 0.3) is 5.69 Å². The lowest BCUT2D eigenvalue weighted by Gasteiger charge is -2.32. The number of pyridine rings is 1. The number of hydrogen-bond acceptors (Lipinski definition) is 5. The van der Waals surface area contributed by atoms with Crippen LogP contribution in [0, 0.1) is 13.8 Å². The lowest BCUT2D eigenvalue weighted by Crippen LogP contribution is -2.44. The maximum atomic E-state index is 12.8. The molecule has 0 aliphatic carbocycles. The first-order valence-electron chi connectivity index (χ1n) is 10.3. The van der Waals surface area contributed by atoms with Crippen LogP contribution in [0.15, 0.2) is 60.9 Å². The highest BCUT2D eigenvalue weighted by molar-refractivity contribution is 5.91. The van der Waals surface area contributed by atoms with Crippen molar-refractivity contribution in [1.29, 1.82) is 0 Å². The molecule has 4 rings (SSSR count). The highest BCUT2D eigenvalue weighted by Crippen LogP contribution is 2.21. The van der Waals surface area contributed by atoms with E-state index in [1.165, 1.54) is 5.56 Å². The Balaban J connectivity index is 1.37. The van der Waals surface area contributed by atoms with Gasteiger partial charge in [-0.3, -0.25) is 9.88 Å². The second-order valence-electron chi connectivity index (χ2n) is 7.64. The normalized spacial score (nSPS) is 17.1. The predicted molar refractivity (Wildman–Crippen MR) is 115 cm³/mol. The number of hydrogen-bond donors (Lipinski definition) is 0. The summed E-state index contributed by atoms with van der Waals surface area (Å²) < 4.78 is 13.5. The SMILES string of the molecule is Cc1cc(C(=O)OCC2CN(Cc3ccccc3)CCO2)c(C)n1-c1cccnc1. The first-order chi connectivity index (χ1) is 14.6. The molecule has 1 aliphatic rings. The third-order valence-electron chi connectivity index (χ3n) is 5.43. The Morgan fingerprint density at radius 3 is 2.80 bits per heavy atom. The van der Waals surface area contributed by atoms with Gasteiger partial charge in [0.05, 0.1) is 24.1 Å². The molecule has 6 heteroatoms. The maximum absolute atomic E-state index is 12.8. The second kappa shape index (κ2) is 9.24. The zero-order valence-electron chi connectivity index (χ0n) is 17.5. The lowest BCUT2D eigenvalue weighted by molar-refractivity contribution is -0.0612. The fourth-order valence-electron chi connectivity index (χ4n) is 3.97. The first kappa shape index (κ1) is 20.3. The molecule has 1 fully saturated rings. The minimum absolute atomic E-state index is 0.117. The van der Waals surface area contributed by atoms with E-state index in [0.717, 1.165) is 36.7 Å². The zero-order chi connectivity index (χ0) is 20.9. The number of ether oxygens (including phenoxy) is 2. The van der Waals surface area contributed by atoms with Crippen LogP contribution in [0.1, 0.15) is 27.3 Å². The van der Waals surface area contributed by atoms with E-state index in [9.17, 15) is 4.79 Å². The number of aromatic nitrogens is 2. The van der Waals surface area contributed by atoms with Crippen LogP contribution < -0.4 is 0 Å². The van der Waals surface area contributed by atoms with Gasteiger partial charge in [0.2, 0.25) is 0 Å². The molecule has 0 spiro atoms. The van der Waals surface area contributed by atoms with E-state index in [0.29, 0.717) is 12.2 Å². The maximum Gasteiger partial charge on any atom is 0.340 e. The van der Waals surface area contributed by atoms with Crippen LogP contribution in [0.4, 0.5) is 0 Å². The molecule has 3 heterocycles. The Kier molecular flexibility index (Phi) is 6.26. The number of aryl methyl sites for hydroxylation is 1. The summed E-state index contributed by atoms with van der Waals surface area (Å²) >= 11 is 0. The quantitative estimate of drug-likeness (QED) is 0.587. The number of carbonyl (C=O) groups excluding carboxylic acids is 1. The van der Waals surface area contributed by atoms with Crippen molar-refractivity contribution in [3.63, 3.8) is 0 Å². The average Bonchev–Trinajstić information content (AvgIpc) is 3.07. The van der Waals surface area contributed by atoms with Gasteiger partial charge in [-0.2, -0.15) is 0 Å². The Labute approximate surface area is 177 Å². The van der Waals surface area contributed by atoms with E-state index in [1.807, 2.05) is 42.7 Å². The molecule has 0 amide bonds. The van der Waals surface area contributed by atoms with Crippen molar-refractivity contribution in [1.82, 2.24) is 14.5 Å². The van der Waals surface area contributed by atoms with Crippen molar-refractivity contribution >= 4 is 5.97 Å². The molecule has 0 radical (unpaired) electrons. The van der Waals surface area contributed by atoms with Gasteiger partial charge >= 0.3 is 5.97 Å². The lowest BCUT2D eigenvalue weighted by atomic mass is 10.2. The third kappa shape index (κ3) is 4.61. The van der Waals surface area contributed by atoms with E-state index in [4.69, 9.17) is 9.47 Å². The molecule has 0 saturated carbocycles. The Morgan fingerprint density at radius 2 is 2.03 bits per heavy atom. The van der Waals surface area contributed by atoms with Gasteiger partial charge in [-0.25, -0.2) is 4.79 Å². The standard InChI is InChI=1S/C24H27N3O3/c1-18-13-23(19(2)27(18)21-9-6-10-25-14-21)24(28)30-17-22-16-26(11-12-29-22)15-20-7-4-3-5-8-20/h3-10,13-14,22H,11-12,15-17H2,1-2H3. The largest absolute Gasteiger partial charge is 0.459 e. The van der Waals surface area contributed by atoms with Crippen LogP contribution in [-0.2, 0) is 16.0 Å². The Morgan fingerprint density at radius 1 is 1.20 bits per heavy atom. The molecule has 6 nitrogen and oxygen atoms in total.